The lowest BCUT2D eigenvalue weighted by molar-refractivity contribution is -0.137. The monoisotopic (exact) mass is 483 g/mol. The summed E-state index contributed by atoms with van der Waals surface area (Å²) in [6, 6.07) is 17.4. The molecule has 2 N–H and O–H groups in total. The summed E-state index contributed by atoms with van der Waals surface area (Å²) >= 11 is 0. The van der Waals surface area contributed by atoms with E-state index >= 15 is 0 Å². The topological polar surface area (TPSA) is 63.2 Å². The Balaban J connectivity index is 1.69. The molecule has 0 unspecified atom stereocenters. The summed E-state index contributed by atoms with van der Waals surface area (Å²) in [4.78, 5) is 17.3. The van der Waals surface area contributed by atoms with E-state index in [1.807, 2.05) is 30.3 Å². The van der Waals surface area contributed by atoms with Crippen LogP contribution in [0, 0.1) is 5.92 Å². The van der Waals surface area contributed by atoms with Gasteiger partial charge in [-0.25, -0.2) is 0 Å². The van der Waals surface area contributed by atoms with Gasteiger partial charge in [-0.15, -0.1) is 0 Å². The molecule has 184 valence electrons. The van der Waals surface area contributed by atoms with E-state index in [9.17, 15) is 18.0 Å². The van der Waals surface area contributed by atoms with E-state index in [0.29, 0.717) is 30.6 Å². The summed E-state index contributed by atoms with van der Waals surface area (Å²) in [5.41, 5.74) is -0.215. The molecule has 0 radical (unpaired) electrons. The van der Waals surface area contributed by atoms with Crippen LogP contribution >= 0.6 is 0 Å². The molecule has 2 aromatic carbocycles. The lowest BCUT2D eigenvalue weighted by atomic mass is 9.90. The molecule has 1 atom stereocenters. The number of nitrogens with zero attached hydrogens (tertiary/aromatic N) is 1. The number of benzene rings is 2. The smallest absolute Gasteiger partial charge is 0.417 e. The average Bonchev–Trinajstić information content (AvgIpc) is 2.89. The lowest BCUT2D eigenvalue weighted by Crippen LogP contribution is -2.40. The minimum atomic E-state index is -4.58. The van der Waals surface area contributed by atoms with E-state index in [4.69, 9.17) is 4.74 Å². The number of carbonyl (C=O) groups is 1. The second kappa shape index (κ2) is 11.4. The van der Waals surface area contributed by atoms with Gasteiger partial charge in [-0.2, -0.15) is 13.2 Å². The molecule has 2 heterocycles. The van der Waals surface area contributed by atoms with E-state index in [-0.39, 0.29) is 29.7 Å². The van der Waals surface area contributed by atoms with Crippen molar-refractivity contribution >= 4 is 5.91 Å². The third-order valence-electron chi connectivity index (χ3n) is 6.14. The molecule has 1 fully saturated rings. The zero-order valence-electron chi connectivity index (χ0n) is 19.2. The van der Waals surface area contributed by atoms with Crippen LogP contribution in [0.25, 0.3) is 11.3 Å². The third-order valence-corrected chi connectivity index (χ3v) is 6.14. The molecule has 1 amide bonds. The maximum atomic E-state index is 14.1. The molecule has 5 nitrogen and oxygen atoms in total. The molecule has 1 aliphatic rings. The third kappa shape index (κ3) is 6.39. The first-order chi connectivity index (χ1) is 16.9. The number of piperidine rings is 1. The van der Waals surface area contributed by atoms with Crippen molar-refractivity contribution in [3.05, 3.63) is 84.1 Å². The Morgan fingerprint density at radius 1 is 1.03 bits per heavy atom. The minimum Gasteiger partial charge on any atom is -0.494 e. The molecule has 1 saturated heterocycles. The Morgan fingerprint density at radius 2 is 1.77 bits per heavy atom. The molecule has 4 rings (SSSR count). The fourth-order valence-electron chi connectivity index (χ4n) is 4.38. The van der Waals surface area contributed by atoms with Gasteiger partial charge in [0.25, 0.3) is 0 Å². The predicted molar refractivity (Wildman–Crippen MR) is 128 cm³/mol. The van der Waals surface area contributed by atoms with Crippen LogP contribution < -0.4 is 15.4 Å². The molecule has 8 heteroatoms. The molecule has 0 bridgehead atoms. The fourth-order valence-corrected chi connectivity index (χ4v) is 4.38. The number of pyridine rings is 1. The maximum Gasteiger partial charge on any atom is 0.417 e. The summed E-state index contributed by atoms with van der Waals surface area (Å²) < 4.78 is 48.0. The lowest BCUT2D eigenvalue weighted by Gasteiger charge is -2.28. The second-order valence-electron chi connectivity index (χ2n) is 8.52. The van der Waals surface area contributed by atoms with E-state index in [1.165, 1.54) is 12.3 Å². The number of halogens is 3. The number of para-hydroxylation sites is 1. The van der Waals surface area contributed by atoms with E-state index in [0.717, 1.165) is 19.2 Å². The van der Waals surface area contributed by atoms with E-state index in [2.05, 4.69) is 15.6 Å². The van der Waals surface area contributed by atoms with Gasteiger partial charge in [-0.1, -0.05) is 36.4 Å². The largest absolute Gasteiger partial charge is 0.494 e. The SMILES string of the molecule is O=C(N[C@H](CCOc1ccccc1)c1cccc(C(F)(F)F)c1-c1ccccn1)C1CCNCC1. The Morgan fingerprint density at radius 3 is 2.46 bits per heavy atom. The van der Waals surface area contributed by atoms with Crippen LogP contribution in [0.3, 0.4) is 0 Å². The zero-order chi connectivity index (χ0) is 24.7. The number of aromatic nitrogens is 1. The van der Waals surface area contributed by atoms with Crippen LogP contribution in [0.4, 0.5) is 13.2 Å². The normalized spacial score (nSPS) is 15.4. The predicted octanol–water partition coefficient (Wildman–Crippen LogP) is 5.39. The van der Waals surface area contributed by atoms with Crippen molar-refractivity contribution in [2.45, 2.75) is 31.5 Å². The fraction of sp³-hybridized carbons (Fsp3) is 0.333. The van der Waals surface area contributed by atoms with Crippen LogP contribution in [-0.2, 0) is 11.0 Å². The number of amides is 1. The van der Waals surface area contributed by atoms with Gasteiger partial charge in [-0.05, 0) is 61.8 Å². The Kier molecular flexibility index (Phi) is 8.02. The van der Waals surface area contributed by atoms with Gasteiger partial charge in [0.15, 0.2) is 0 Å². The van der Waals surface area contributed by atoms with E-state index in [1.54, 1.807) is 24.3 Å². The summed E-state index contributed by atoms with van der Waals surface area (Å²) in [5, 5.41) is 6.26. The van der Waals surface area contributed by atoms with Crippen LogP contribution in [0.1, 0.15) is 36.4 Å². The number of nitrogens with one attached hydrogen (secondary N) is 2. The molecule has 1 aliphatic heterocycles. The van der Waals surface area contributed by atoms with Crippen molar-refractivity contribution in [3.63, 3.8) is 0 Å². The molecular formula is C27H28F3N3O2. The van der Waals surface area contributed by atoms with Crippen molar-refractivity contribution in [1.29, 1.82) is 0 Å². The highest BCUT2D eigenvalue weighted by molar-refractivity contribution is 5.80. The quantitative estimate of drug-likeness (QED) is 0.451. The Hall–Kier alpha value is -3.39. The summed E-state index contributed by atoms with van der Waals surface area (Å²) in [5.74, 6) is 0.323. The van der Waals surface area contributed by atoms with Crippen LogP contribution in [0.2, 0.25) is 0 Å². The molecule has 35 heavy (non-hydrogen) atoms. The number of hydrogen-bond donors (Lipinski definition) is 2. The zero-order valence-corrected chi connectivity index (χ0v) is 19.2. The molecular weight excluding hydrogens is 455 g/mol. The van der Waals surface area contributed by atoms with Crippen LogP contribution in [-0.4, -0.2) is 30.6 Å². The van der Waals surface area contributed by atoms with Gasteiger partial charge in [-0.3, -0.25) is 9.78 Å². The number of alkyl halides is 3. The molecule has 0 saturated carbocycles. The second-order valence-corrected chi connectivity index (χ2v) is 8.52. The number of rotatable bonds is 8. The standard InChI is InChI=1S/C27H28F3N3O2/c28-27(29,30)22-10-6-9-21(25(22)24-11-4-5-15-32-24)23(14-18-35-20-7-2-1-3-8-20)33-26(34)19-12-16-31-17-13-19/h1-11,15,19,23,31H,12-14,16-18H2,(H,33,34)/t23-/m1/s1. The summed E-state index contributed by atoms with van der Waals surface area (Å²) in [7, 11) is 0. The van der Waals surface area contributed by atoms with Gasteiger partial charge in [0.2, 0.25) is 5.91 Å². The molecule has 0 aliphatic carbocycles. The summed E-state index contributed by atoms with van der Waals surface area (Å²) in [6.07, 6.45) is -1.43. The average molecular weight is 484 g/mol. The van der Waals surface area contributed by atoms with Crippen molar-refractivity contribution in [3.8, 4) is 17.0 Å². The van der Waals surface area contributed by atoms with Crippen molar-refractivity contribution in [1.82, 2.24) is 15.6 Å². The van der Waals surface area contributed by atoms with Crippen molar-refractivity contribution in [2.75, 3.05) is 19.7 Å². The molecule has 1 aromatic heterocycles. The van der Waals surface area contributed by atoms with Gasteiger partial charge in [0.05, 0.1) is 23.9 Å². The van der Waals surface area contributed by atoms with Crippen molar-refractivity contribution in [2.24, 2.45) is 5.92 Å². The van der Waals surface area contributed by atoms with Crippen LogP contribution in [0.5, 0.6) is 5.75 Å². The molecule has 0 spiro atoms. The Labute approximate surface area is 202 Å². The first-order valence-corrected chi connectivity index (χ1v) is 11.7. The minimum absolute atomic E-state index is 0.0177. The highest BCUT2D eigenvalue weighted by atomic mass is 19.4. The van der Waals surface area contributed by atoms with Crippen LogP contribution in [0.15, 0.2) is 72.9 Å². The van der Waals surface area contributed by atoms with Gasteiger partial charge >= 0.3 is 6.18 Å². The number of carbonyl (C=O) groups excluding carboxylic acids is 1. The first-order valence-electron chi connectivity index (χ1n) is 11.7. The highest BCUT2D eigenvalue weighted by Crippen LogP contribution is 2.40. The number of hydrogen-bond acceptors (Lipinski definition) is 4. The Bertz CT molecular complexity index is 1100. The molecule has 3 aromatic rings. The van der Waals surface area contributed by atoms with Gasteiger partial charge < -0.3 is 15.4 Å². The summed E-state index contributed by atoms with van der Waals surface area (Å²) in [6.45, 7) is 1.70. The maximum absolute atomic E-state index is 14.1. The number of ether oxygens (including phenoxy) is 1. The van der Waals surface area contributed by atoms with Gasteiger partial charge in [0, 0.05) is 24.1 Å². The van der Waals surface area contributed by atoms with Gasteiger partial charge in [0.1, 0.15) is 5.75 Å². The van der Waals surface area contributed by atoms with Crippen molar-refractivity contribution < 1.29 is 22.7 Å². The highest BCUT2D eigenvalue weighted by Gasteiger charge is 2.36. The first kappa shape index (κ1) is 24.7. The van der Waals surface area contributed by atoms with E-state index < -0.39 is 17.8 Å².